The molecular formula is C29H38O. The highest BCUT2D eigenvalue weighted by atomic mass is 16.1. The SMILES string of the molecule is Cc1cc(C(=O)c2cc(C)cc(C3CCCCC3)c2C)c(C)c(C2CCCCC2)c1. The average Bonchev–Trinajstić information content (AvgIpc) is 2.77. The lowest BCUT2D eigenvalue weighted by atomic mass is 9.78. The summed E-state index contributed by atoms with van der Waals surface area (Å²) < 4.78 is 0. The monoisotopic (exact) mass is 402 g/mol. The number of aryl methyl sites for hydroxylation is 2. The molecule has 160 valence electrons. The van der Waals surface area contributed by atoms with Crippen molar-refractivity contribution in [1.82, 2.24) is 0 Å². The van der Waals surface area contributed by atoms with E-state index < -0.39 is 0 Å². The van der Waals surface area contributed by atoms with E-state index in [1.165, 1.54) is 97.6 Å². The van der Waals surface area contributed by atoms with Crippen LogP contribution in [0.2, 0.25) is 0 Å². The lowest BCUT2D eigenvalue weighted by molar-refractivity contribution is 0.103. The van der Waals surface area contributed by atoms with E-state index >= 15 is 0 Å². The van der Waals surface area contributed by atoms with Crippen molar-refractivity contribution in [2.75, 3.05) is 0 Å². The van der Waals surface area contributed by atoms with Crippen molar-refractivity contribution in [3.8, 4) is 0 Å². The van der Waals surface area contributed by atoms with Crippen molar-refractivity contribution in [2.45, 2.75) is 104 Å². The Labute approximate surface area is 183 Å². The van der Waals surface area contributed by atoms with E-state index in [1.54, 1.807) is 0 Å². The van der Waals surface area contributed by atoms with Gasteiger partial charge in [-0.1, -0.05) is 61.8 Å². The van der Waals surface area contributed by atoms with Crippen LogP contribution in [-0.2, 0) is 0 Å². The molecule has 2 aromatic carbocycles. The minimum Gasteiger partial charge on any atom is -0.289 e. The summed E-state index contributed by atoms with van der Waals surface area (Å²) in [7, 11) is 0. The molecule has 0 radical (unpaired) electrons. The average molecular weight is 403 g/mol. The number of benzene rings is 2. The van der Waals surface area contributed by atoms with E-state index in [0.717, 1.165) is 11.1 Å². The predicted molar refractivity (Wildman–Crippen MR) is 127 cm³/mol. The van der Waals surface area contributed by atoms with Crippen LogP contribution < -0.4 is 0 Å². The molecule has 0 aromatic heterocycles. The molecule has 4 rings (SSSR count). The summed E-state index contributed by atoms with van der Waals surface area (Å²) in [6, 6.07) is 8.95. The molecular weight excluding hydrogens is 364 g/mol. The highest BCUT2D eigenvalue weighted by Gasteiger charge is 2.25. The first-order valence-corrected chi connectivity index (χ1v) is 12.2. The summed E-state index contributed by atoms with van der Waals surface area (Å²) in [6.07, 6.45) is 13.1. The summed E-state index contributed by atoms with van der Waals surface area (Å²) >= 11 is 0. The van der Waals surface area contributed by atoms with Crippen LogP contribution in [-0.4, -0.2) is 5.78 Å². The van der Waals surface area contributed by atoms with Gasteiger partial charge in [0, 0.05) is 11.1 Å². The molecule has 0 unspecified atom stereocenters. The molecule has 2 saturated carbocycles. The maximum atomic E-state index is 13.9. The van der Waals surface area contributed by atoms with Gasteiger partial charge in [0.2, 0.25) is 0 Å². The zero-order valence-corrected chi connectivity index (χ0v) is 19.4. The van der Waals surface area contributed by atoms with Gasteiger partial charge < -0.3 is 0 Å². The first kappa shape index (κ1) is 21.3. The fourth-order valence-electron chi connectivity index (χ4n) is 6.07. The van der Waals surface area contributed by atoms with E-state index in [2.05, 4.69) is 52.0 Å². The van der Waals surface area contributed by atoms with E-state index in [0.29, 0.717) is 11.8 Å². The largest absolute Gasteiger partial charge is 0.289 e. The van der Waals surface area contributed by atoms with Crippen LogP contribution >= 0.6 is 0 Å². The third-order valence-electron chi connectivity index (χ3n) is 7.76. The third kappa shape index (κ3) is 4.27. The van der Waals surface area contributed by atoms with Gasteiger partial charge in [-0.3, -0.25) is 4.79 Å². The summed E-state index contributed by atoms with van der Waals surface area (Å²) in [5.41, 5.74) is 9.60. The molecule has 0 heterocycles. The Morgan fingerprint density at radius 2 is 0.967 bits per heavy atom. The van der Waals surface area contributed by atoms with E-state index in [1.807, 2.05) is 0 Å². The van der Waals surface area contributed by atoms with Gasteiger partial charge in [-0.2, -0.15) is 0 Å². The maximum absolute atomic E-state index is 13.9. The highest BCUT2D eigenvalue weighted by Crippen LogP contribution is 2.38. The first-order chi connectivity index (χ1) is 14.5. The Morgan fingerprint density at radius 1 is 0.600 bits per heavy atom. The molecule has 1 heteroatoms. The van der Waals surface area contributed by atoms with E-state index in [-0.39, 0.29) is 5.78 Å². The van der Waals surface area contributed by atoms with Crippen LogP contribution in [0.1, 0.15) is 125 Å². The molecule has 2 aliphatic carbocycles. The number of carbonyl (C=O) groups is 1. The van der Waals surface area contributed by atoms with Gasteiger partial charge in [0.1, 0.15) is 0 Å². The van der Waals surface area contributed by atoms with Crippen LogP contribution in [0.15, 0.2) is 24.3 Å². The summed E-state index contributed by atoms with van der Waals surface area (Å²) in [5.74, 6) is 1.48. The van der Waals surface area contributed by atoms with Crippen molar-refractivity contribution in [3.05, 3.63) is 68.8 Å². The number of hydrogen-bond acceptors (Lipinski definition) is 1. The predicted octanol–water partition coefficient (Wildman–Crippen LogP) is 8.25. The van der Waals surface area contributed by atoms with Crippen LogP contribution in [0.25, 0.3) is 0 Å². The Morgan fingerprint density at radius 3 is 1.33 bits per heavy atom. The molecule has 0 atom stereocenters. The lowest BCUT2D eigenvalue weighted by Gasteiger charge is -2.26. The first-order valence-electron chi connectivity index (χ1n) is 12.2. The van der Waals surface area contributed by atoms with Crippen molar-refractivity contribution < 1.29 is 4.79 Å². The number of carbonyl (C=O) groups excluding carboxylic acids is 1. The molecule has 0 saturated heterocycles. The number of rotatable bonds is 4. The number of hydrogen-bond donors (Lipinski definition) is 0. The van der Waals surface area contributed by atoms with Gasteiger partial charge in [-0.15, -0.1) is 0 Å². The molecule has 2 aliphatic rings. The van der Waals surface area contributed by atoms with Crippen LogP contribution in [0, 0.1) is 27.7 Å². The molecule has 0 N–H and O–H groups in total. The lowest BCUT2D eigenvalue weighted by Crippen LogP contribution is -2.14. The molecule has 2 aromatic rings. The molecule has 0 spiro atoms. The topological polar surface area (TPSA) is 17.1 Å². The normalized spacial score (nSPS) is 18.5. The van der Waals surface area contributed by atoms with Crippen molar-refractivity contribution in [2.24, 2.45) is 0 Å². The molecule has 1 nitrogen and oxygen atoms in total. The minimum absolute atomic E-state index is 0.228. The van der Waals surface area contributed by atoms with Crippen LogP contribution in [0.5, 0.6) is 0 Å². The molecule has 30 heavy (non-hydrogen) atoms. The summed E-state index contributed by atoms with van der Waals surface area (Å²) in [6.45, 7) is 8.67. The summed E-state index contributed by atoms with van der Waals surface area (Å²) in [4.78, 5) is 13.9. The second-order valence-corrected chi connectivity index (χ2v) is 10.1. The molecule has 2 fully saturated rings. The molecule has 0 aliphatic heterocycles. The van der Waals surface area contributed by atoms with Gasteiger partial charge in [0.15, 0.2) is 5.78 Å². The zero-order chi connectivity index (χ0) is 21.3. The van der Waals surface area contributed by atoms with Gasteiger partial charge >= 0.3 is 0 Å². The summed E-state index contributed by atoms with van der Waals surface area (Å²) in [5, 5.41) is 0. The number of ketones is 1. The van der Waals surface area contributed by atoms with E-state index in [9.17, 15) is 4.79 Å². The van der Waals surface area contributed by atoms with Gasteiger partial charge in [0.25, 0.3) is 0 Å². The van der Waals surface area contributed by atoms with Crippen LogP contribution in [0.3, 0.4) is 0 Å². The van der Waals surface area contributed by atoms with E-state index in [4.69, 9.17) is 0 Å². The smallest absolute Gasteiger partial charge is 0.193 e. The quantitative estimate of drug-likeness (QED) is 0.470. The maximum Gasteiger partial charge on any atom is 0.193 e. The van der Waals surface area contributed by atoms with Crippen molar-refractivity contribution in [3.63, 3.8) is 0 Å². The fraction of sp³-hybridized carbons (Fsp3) is 0.552. The van der Waals surface area contributed by atoms with Crippen molar-refractivity contribution in [1.29, 1.82) is 0 Å². The fourth-order valence-corrected chi connectivity index (χ4v) is 6.07. The molecule has 0 bridgehead atoms. The van der Waals surface area contributed by atoms with Gasteiger partial charge in [-0.25, -0.2) is 0 Å². The zero-order valence-electron chi connectivity index (χ0n) is 19.4. The second-order valence-electron chi connectivity index (χ2n) is 10.1. The van der Waals surface area contributed by atoms with Crippen molar-refractivity contribution >= 4 is 5.78 Å². The standard InChI is InChI=1S/C29H38O/c1-19-15-25(23-11-7-5-8-12-23)21(3)27(17-19)29(30)28-18-20(2)16-26(22(28)4)24-13-9-6-10-14-24/h15-18,23-24H,5-14H2,1-4H3. The Balaban J connectivity index is 1.74. The third-order valence-corrected chi connectivity index (χ3v) is 7.76. The minimum atomic E-state index is 0.228. The Kier molecular flexibility index (Phi) is 6.46. The highest BCUT2D eigenvalue weighted by molar-refractivity contribution is 6.11. The molecule has 0 amide bonds. The Bertz CT molecular complexity index is 848. The van der Waals surface area contributed by atoms with Crippen LogP contribution in [0.4, 0.5) is 0 Å². The van der Waals surface area contributed by atoms with Gasteiger partial charge in [-0.05, 0) is 99.6 Å². The second kappa shape index (κ2) is 9.08. The van der Waals surface area contributed by atoms with Gasteiger partial charge in [0.05, 0.1) is 0 Å². The Hall–Kier alpha value is -1.89.